The monoisotopic (exact) mass is 487 g/mol. The number of carbonyl (C=O) groups excluding carboxylic acids is 2. The maximum atomic E-state index is 14.0. The van der Waals surface area contributed by atoms with E-state index in [4.69, 9.17) is 11.6 Å². The Hall–Kier alpha value is -1.63. The number of nitrogens with zero attached hydrogens (tertiary/aromatic N) is 3. The molecule has 3 heterocycles. The van der Waals surface area contributed by atoms with E-state index in [1.807, 2.05) is 41.1 Å². The molecule has 2 aliphatic heterocycles. The van der Waals surface area contributed by atoms with Crippen LogP contribution < -0.4 is 0 Å². The van der Waals surface area contributed by atoms with E-state index in [2.05, 4.69) is 11.8 Å². The standard InChI is InChI=1S/C26H34ClN3O2S/c1-3-29-14-12-18(13-15-29)28(2)25(31)21-16-17-8-4-6-10-20(17)30(21)26(32)24-23(27)19-9-5-7-11-22(19)33-24/h5,7,9,11,17-18,20-21H,3-4,6,8,10,12-16H2,1-2H3/t17-,20+,21-/m0/s1. The Balaban J connectivity index is 1.42. The maximum Gasteiger partial charge on any atom is 0.266 e. The molecule has 5 rings (SSSR count). The first-order valence-corrected chi connectivity index (χ1v) is 13.7. The second-order valence-electron chi connectivity index (χ2n) is 9.93. The van der Waals surface area contributed by atoms with Crippen molar-refractivity contribution in [2.75, 3.05) is 26.7 Å². The smallest absolute Gasteiger partial charge is 0.266 e. The summed E-state index contributed by atoms with van der Waals surface area (Å²) in [6.45, 7) is 5.33. The third kappa shape index (κ3) is 4.19. The number of hydrogen-bond acceptors (Lipinski definition) is 4. The van der Waals surface area contributed by atoms with Crippen molar-refractivity contribution in [3.05, 3.63) is 34.2 Å². The first kappa shape index (κ1) is 23.1. The summed E-state index contributed by atoms with van der Waals surface area (Å²) in [5.41, 5.74) is 0. The topological polar surface area (TPSA) is 43.9 Å². The Labute approximate surface area is 205 Å². The average Bonchev–Trinajstić information content (AvgIpc) is 3.41. The molecule has 0 N–H and O–H groups in total. The summed E-state index contributed by atoms with van der Waals surface area (Å²) in [5, 5.41) is 1.46. The fourth-order valence-electron chi connectivity index (χ4n) is 6.28. The van der Waals surface area contributed by atoms with Gasteiger partial charge in [-0.1, -0.05) is 49.6 Å². The lowest BCUT2D eigenvalue weighted by molar-refractivity contribution is -0.137. The lowest BCUT2D eigenvalue weighted by Gasteiger charge is -2.39. The van der Waals surface area contributed by atoms with Gasteiger partial charge in [0.05, 0.1) is 5.02 Å². The van der Waals surface area contributed by atoms with E-state index in [9.17, 15) is 9.59 Å². The van der Waals surface area contributed by atoms with Crippen LogP contribution in [-0.2, 0) is 4.79 Å². The minimum absolute atomic E-state index is 0.0526. The van der Waals surface area contributed by atoms with Crippen molar-refractivity contribution in [2.24, 2.45) is 5.92 Å². The number of carbonyl (C=O) groups is 2. The molecule has 7 heteroatoms. The Morgan fingerprint density at radius 1 is 1.12 bits per heavy atom. The van der Waals surface area contributed by atoms with Crippen molar-refractivity contribution >= 4 is 44.8 Å². The van der Waals surface area contributed by atoms with Crippen LogP contribution in [0.5, 0.6) is 0 Å². The number of hydrogen-bond donors (Lipinski definition) is 0. The van der Waals surface area contributed by atoms with E-state index in [1.54, 1.807) is 0 Å². The Morgan fingerprint density at radius 2 is 1.85 bits per heavy atom. The minimum Gasteiger partial charge on any atom is -0.341 e. The van der Waals surface area contributed by atoms with Gasteiger partial charge in [-0.25, -0.2) is 0 Å². The van der Waals surface area contributed by atoms with Gasteiger partial charge in [0.1, 0.15) is 10.9 Å². The molecule has 1 aromatic carbocycles. The second kappa shape index (κ2) is 9.55. The van der Waals surface area contributed by atoms with Crippen molar-refractivity contribution in [3.63, 3.8) is 0 Å². The molecule has 2 aromatic rings. The average molecular weight is 488 g/mol. The molecule has 5 nitrogen and oxygen atoms in total. The number of likely N-dealkylation sites (tertiary alicyclic amines) is 2. The van der Waals surface area contributed by atoms with Crippen molar-refractivity contribution in [1.29, 1.82) is 0 Å². The van der Waals surface area contributed by atoms with Gasteiger partial charge in [-0.05, 0) is 50.6 Å². The summed E-state index contributed by atoms with van der Waals surface area (Å²) >= 11 is 8.17. The molecule has 0 bridgehead atoms. The van der Waals surface area contributed by atoms with Gasteiger partial charge >= 0.3 is 0 Å². The molecule has 178 valence electrons. The number of likely N-dealkylation sites (N-methyl/N-ethyl adjacent to an activating group) is 1. The number of halogens is 1. The molecule has 1 saturated carbocycles. The van der Waals surface area contributed by atoms with Gasteiger partial charge in [0.2, 0.25) is 5.91 Å². The number of piperidine rings is 1. The second-order valence-corrected chi connectivity index (χ2v) is 11.4. The third-order valence-corrected chi connectivity index (χ3v) is 9.90. The third-order valence-electron chi connectivity index (χ3n) is 8.24. The molecule has 3 atom stereocenters. The highest BCUT2D eigenvalue weighted by atomic mass is 35.5. The number of benzene rings is 1. The summed E-state index contributed by atoms with van der Waals surface area (Å²) in [6, 6.07) is 7.94. The number of amides is 2. The molecule has 1 aromatic heterocycles. The quantitative estimate of drug-likeness (QED) is 0.590. The van der Waals surface area contributed by atoms with Gasteiger partial charge in [-0.2, -0.15) is 0 Å². The number of fused-ring (bicyclic) bond motifs is 2. The van der Waals surface area contributed by atoms with Gasteiger partial charge < -0.3 is 14.7 Å². The van der Waals surface area contributed by atoms with Gasteiger partial charge in [0.25, 0.3) is 5.91 Å². The van der Waals surface area contributed by atoms with Crippen LogP contribution in [0.1, 0.15) is 61.5 Å². The van der Waals surface area contributed by atoms with E-state index in [-0.39, 0.29) is 29.9 Å². The van der Waals surface area contributed by atoms with E-state index in [0.29, 0.717) is 15.8 Å². The lowest BCUT2D eigenvalue weighted by Crippen LogP contribution is -2.53. The summed E-state index contributed by atoms with van der Waals surface area (Å²) in [7, 11) is 1.95. The highest BCUT2D eigenvalue weighted by Crippen LogP contribution is 2.44. The normalized spacial score (nSPS) is 26.5. The fourth-order valence-corrected chi connectivity index (χ4v) is 7.74. The maximum absolute atomic E-state index is 14.0. The largest absolute Gasteiger partial charge is 0.341 e. The Morgan fingerprint density at radius 3 is 2.58 bits per heavy atom. The van der Waals surface area contributed by atoms with Crippen LogP contribution in [-0.4, -0.2) is 71.3 Å². The zero-order valence-corrected chi connectivity index (χ0v) is 21.2. The van der Waals surface area contributed by atoms with Crippen molar-refractivity contribution in [3.8, 4) is 0 Å². The summed E-state index contributed by atoms with van der Waals surface area (Å²) in [6.07, 6.45) is 7.21. The SMILES string of the molecule is CCN1CCC(N(C)C(=O)[C@@H]2C[C@@H]3CCCC[C@H]3N2C(=O)c2sc3ccccc3c2Cl)CC1. The molecule has 2 amide bonds. The van der Waals surface area contributed by atoms with E-state index < -0.39 is 0 Å². The molecule has 3 fully saturated rings. The highest BCUT2D eigenvalue weighted by Gasteiger charge is 2.49. The Bertz CT molecular complexity index is 1030. The zero-order chi connectivity index (χ0) is 23.1. The summed E-state index contributed by atoms with van der Waals surface area (Å²) in [5.74, 6) is 0.480. The van der Waals surface area contributed by atoms with Gasteiger partial charge in [-0.3, -0.25) is 9.59 Å². The predicted molar refractivity (Wildman–Crippen MR) is 135 cm³/mol. The van der Waals surface area contributed by atoms with E-state index in [0.717, 1.165) is 68.2 Å². The lowest BCUT2D eigenvalue weighted by atomic mass is 9.84. The van der Waals surface area contributed by atoms with Crippen molar-refractivity contribution in [2.45, 2.75) is 70.0 Å². The van der Waals surface area contributed by atoms with Crippen LogP contribution in [0.15, 0.2) is 24.3 Å². The van der Waals surface area contributed by atoms with E-state index >= 15 is 0 Å². The van der Waals surface area contributed by atoms with Crippen molar-refractivity contribution in [1.82, 2.24) is 14.7 Å². The fraction of sp³-hybridized carbons (Fsp3) is 0.615. The molecule has 3 aliphatic rings. The highest BCUT2D eigenvalue weighted by molar-refractivity contribution is 7.21. The first-order chi connectivity index (χ1) is 16.0. The van der Waals surface area contributed by atoms with Crippen LogP contribution in [0.2, 0.25) is 5.02 Å². The van der Waals surface area contributed by atoms with Crippen LogP contribution in [0, 0.1) is 5.92 Å². The van der Waals surface area contributed by atoms with Gasteiger partial charge in [-0.15, -0.1) is 11.3 Å². The van der Waals surface area contributed by atoms with Gasteiger partial charge in [0, 0.05) is 42.3 Å². The predicted octanol–water partition coefficient (Wildman–Crippen LogP) is 5.27. The summed E-state index contributed by atoms with van der Waals surface area (Å²) < 4.78 is 1.02. The van der Waals surface area contributed by atoms with Crippen molar-refractivity contribution < 1.29 is 9.59 Å². The molecule has 33 heavy (non-hydrogen) atoms. The molecule has 0 unspecified atom stereocenters. The zero-order valence-electron chi connectivity index (χ0n) is 19.6. The Kier molecular flexibility index (Phi) is 6.69. The molecule has 2 saturated heterocycles. The molecule has 0 radical (unpaired) electrons. The number of rotatable bonds is 4. The van der Waals surface area contributed by atoms with Crippen LogP contribution in [0.4, 0.5) is 0 Å². The summed E-state index contributed by atoms with van der Waals surface area (Å²) in [4.78, 5) is 34.7. The van der Waals surface area contributed by atoms with Crippen LogP contribution in [0.3, 0.4) is 0 Å². The van der Waals surface area contributed by atoms with E-state index in [1.165, 1.54) is 17.8 Å². The van der Waals surface area contributed by atoms with Crippen LogP contribution in [0.25, 0.3) is 10.1 Å². The minimum atomic E-state index is -0.374. The molecular weight excluding hydrogens is 454 g/mol. The first-order valence-electron chi connectivity index (χ1n) is 12.5. The molecule has 0 spiro atoms. The molecule has 1 aliphatic carbocycles. The van der Waals surface area contributed by atoms with Gasteiger partial charge in [0.15, 0.2) is 0 Å². The number of thiophene rings is 1. The van der Waals surface area contributed by atoms with Crippen LogP contribution >= 0.6 is 22.9 Å². The molecular formula is C26H34ClN3O2S.